The highest BCUT2D eigenvalue weighted by atomic mass is 32.1. The Balaban J connectivity index is 1.78. The number of amidine groups is 1. The highest BCUT2D eigenvalue weighted by molar-refractivity contribution is 7.12. The van der Waals surface area contributed by atoms with Gasteiger partial charge in [0.2, 0.25) is 0 Å². The number of rotatable bonds is 5. The molecule has 28 heavy (non-hydrogen) atoms. The first kappa shape index (κ1) is 18.4. The van der Waals surface area contributed by atoms with Gasteiger partial charge in [-0.1, -0.05) is 50.2 Å². The van der Waals surface area contributed by atoms with E-state index in [4.69, 9.17) is 9.98 Å². The average molecular weight is 391 g/mol. The molecule has 0 radical (unpaired) electrons. The van der Waals surface area contributed by atoms with Crippen LogP contribution in [0.5, 0.6) is 0 Å². The molecule has 142 valence electrons. The van der Waals surface area contributed by atoms with Crippen molar-refractivity contribution in [2.75, 3.05) is 5.32 Å². The Morgan fingerprint density at radius 1 is 1.11 bits per heavy atom. The fourth-order valence-corrected chi connectivity index (χ4v) is 4.48. The third-order valence-electron chi connectivity index (χ3n) is 5.32. The number of benzene rings is 2. The summed E-state index contributed by atoms with van der Waals surface area (Å²) >= 11 is 1.47. The Morgan fingerprint density at radius 3 is 2.57 bits per heavy atom. The number of nitrogens with zero attached hydrogens (tertiary/aromatic N) is 2. The second-order valence-electron chi connectivity index (χ2n) is 6.76. The minimum absolute atomic E-state index is 0.250. The Labute approximate surface area is 167 Å². The molecule has 0 saturated heterocycles. The smallest absolute Gasteiger partial charge is 0.336 e. The lowest BCUT2D eigenvalue weighted by atomic mass is 9.83. The second-order valence-corrected chi connectivity index (χ2v) is 7.62. The first-order valence-corrected chi connectivity index (χ1v) is 10.2. The van der Waals surface area contributed by atoms with Gasteiger partial charge >= 0.3 is 5.97 Å². The van der Waals surface area contributed by atoms with Gasteiger partial charge < -0.3 is 10.4 Å². The van der Waals surface area contributed by atoms with Crippen LogP contribution in [0.25, 0.3) is 11.3 Å². The van der Waals surface area contributed by atoms with E-state index in [1.165, 1.54) is 16.9 Å². The first-order valence-electron chi connectivity index (χ1n) is 9.33. The van der Waals surface area contributed by atoms with Gasteiger partial charge in [-0.3, -0.25) is 4.99 Å². The maximum atomic E-state index is 11.5. The lowest BCUT2D eigenvalue weighted by Gasteiger charge is -2.35. The minimum atomic E-state index is -0.955. The molecule has 3 aromatic rings. The molecule has 0 atom stereocenters. The van der Waals surface area contributed by atoms with Gasteiger partial charge in [-0.05, 0) is 25.0 Å². The zero-order chi connectivity index (χ0) is 19.7. The van der Waals surface area contributed by atoms with Crippen LogP contribution in [0, 0.1) is 0 Å². The summed E-state index contributed by atoms with van der Waals surface area (Å²) in [5, 5.41) is 15.5. The molecule has 0 aliphatic carbocycles. The molecular weight excluding hydrogens is 370 g/mol. The van der Waals surface area contributed by atoms with Crippen molar-refractivity contribution in [2.45, 2.75) is 32.2 Å². The van der Waals surface area contributed by atoms with Crippen molar-refractivity contribution in [1.82, 2.24) is 4.98 Å². The Bertz CT molecular complexity index is 1070. The van der Waals surface area contributed by atoms with Gasteiger partial charge in [-0.2, -0.15) is 0 Å². The molecule has 0 spiro atoms. The summed E-state index contributed by atoms with van der Waals surface area (Å²) in [5.74, 6) is -0.213. The third-order valence-corrected chi connectivity index (χ3v) is 6.17. The number of aliphatic imine (C=N–C) groups is 1. The number of carboxylic acid groups (broad SMARTS) is 1. The number of hydrogen-bond acceptors (Lipinski definition) is 5. The maximum Gasteiger partial charge on any atom is 0.336 e. The maximum absolute atomic E-state index is 11.5. The molecule has 0 amide bonds. The Kier molecular flexibility index (Phi) is 4.73. The summed E-state index contributed by atoms with van der Waals surface area (Å²) in [4.78, 5) is 21.3. The number of fused-ring (bicyclic) bond motifs is 1. The normalized spacial score (nSPS) is 14.7. The quantitative estimate of drug-likeness (QED) is 0.611. The molecule has 2 heterocycles. The second kappa shape index (κ2) is 7.20. The van der Waals surface area contributed by atoms with Crippen LogP contribution in [0.1, 0.15) is 47.6 Å². The van der Waals surface area contributed by atoms with E-state index >= 15 is 0 Å². The van der Waals surface area contributed by atoms with E-state index in [2.05, 4.69) is 31.3 Å². The van der Waals surface area contributed by atoms with Gasteiger partial charge in [0.25, 0.3) is 0 Å². The minimum Gasteiger partial charge on any atom is -0.478 e. The van der Waals surface area contributed by atoms with Gasteiger partial charge in [0, 0.05) is 22.2 Å². The molecule has 2 aromatic carbocycles. The van der Waals surface area contributed by atoms with Crippen LogP contribution >= 0.6 is 11.3 Å². The molecule has 0 bridgehead atoms. The molecule has 0 saturated carbocycles. The van der Waals surface area contributed by atoms with Crippen LogP contribution in [-0.4, -0.2) is 21.9 Å². The van der Waals surface area contributed by atoms with Crippen LogP contribution in [0.4, 0.5) is 5.69 Å². The zero-order valence-electron chi connectivity index (χ0n) is 15.8. The molecule has 2 N–H and O–H groups in total. The van der Waals surface area contributed by atoms with E-state index < -0.39 is 5.97 Å². The monoisotopic (exact) mass is 391 g/mol. The number of aromatic nitrogens is 1. The van der Waals surface area contributed by atoms with Crippen molar-refractivity contribution in [3.8, 4) is 11.3 Å². The predicted molar refractivity (Wildman–Crippen MR) is 113 cm³/mol. The summed E-state index contributed by atoms with van der Waals surface area (Å²) in [6.45, 7) is 4.31. The number of para-hydroxylation sites is 1. The molecular formula is C22H21N3O2S. The molecule has 1 aromatic heterocycles. The number of carboxylic acids is 1. The van der Waals surface area contributed by atoms with E-state index in [1.54, 1.807) is 18.2 Å². The SMILES string of the molecule is CCC1(CC)N=C(c2nc(-c3ccccc3C(=O)O)cs2)Nc2ccccc21. The van der Waals surface area contributed by atoms with E-state index in [0.717, 1.165) is 29.4 Å². The van der Waals surface area contributed by atoms with Crippen molar-refractivity contribution in [3.05, 3.63) is 70.0 Å². The summed E-state index contributed by atoms with van der Waals surface area (Å²) < 4.78 is 0. The predicted octanol–water partition coefficient (Wildman–Crippen LogP) is 5.40. The Hall–Kier alpha value is -2.99. The van der Waals surface area contributed by atoms with Crippen molar-refractivity contribution >= 4 is 28.8 Å². The van der Waals surface area contributed by atoms with Crippen LogP contribution < -0.4 is 5.32 Å². The molecule has 1 aliphatic rings. The van der Waals surface area contributed by atoms with Gasteiger partial charge in [-0.25, -0.2) is 9.78 Å². The van der Waals surface area contributed by atoms with E-state index in [-0.39, 0.29) is 11.1 Å². The lowest BCUT2D eigenvalue weighted by molar-refractivity contribution is 0.0697. The van der Waals surface area contributed by atoms with Crippen molar-refractivity contribution in [2.24, 2.45) is 4.99 Å². The number of hydrogen-bond donors (Lipinski definition) is 2. The molecule has 0 unspecified atom stereocenters. The Morgan fingerprint density at radius 2 is 1.82 bits per heavy atom. The van der Waals surface area contributed by atoms with E-state index in [9.17, 15) is 9.90 Å². The topological polar surface area (TPSA) is 74.6 Å². The van der Waals surface area contributed by atoms with Crippen LogP contribution in [-0.2, 0) is 5.54 Å². The molecule has 4 rings (SSSR count). The summed E-state index contributed by atoms with van der Waals surface area (Å²) in [6, 6.07) is 15.2. The highest BCUT2D eigenvalue weighted by Gasteiger charge is 2.35. The number of thiazole rings is 1. The van der Waals surface area contributed by atoms with Gasteiger partial charge in [-0.15, -0.1) is 11.3 Å². The molecule has 0 fully saturated rings. The zero-order valence-corrected chi connectivity index (χ0v) is 16.6. The molecule has 5 nitrogen and oxygen atoms in total. The number of aromatic carboxylic acids is 1. The number of anilines is 1. The highest BCUT2D eigenvalue weighted by Crippen LogP contribution is 2.41. The van der Waals surface area contributed by atoms with Crippen molar-refractivity contribution < 1.29 is 9.90 Å². The van der Waals surface area contributed by atoms with E-state index in [1.807, 2.05) is 23.6 Å². The molecule has 6 heteroatoms. The summed E-state index contributed by atoms with van der Waals surface area (Å²) in [6.07, 6.45) is 1.79. The van der Waals surface area contributed by atoms with Crippen molar-refractivity contribution in [3.63, 3.8) is 0 Å². The van der Waals surface area contributed by atoms with Crippen molar-refractivity contribution in [1.29, 1.82) is 0 Å². The fraction of sp³-hybridized carbons (Fsp3) is 0.227. The van der Waals surface area contributed by atoms with Gasteiger partial charge in [0.15, 0.2) is 10.8 Å². The summed E-state index contributed by atoms with van der Waals surface area (Å²) in [5.41, 5.74) is 3.50. The third kappa shape index (κ3) is 2.99. The standard InChI is InChI=1S/C22H21N3O2S/c1-3-22(4-2)16-11-7-8-12-17(16)23-19(25-22)20-24-18(13-28-20)14-9-5-6-10-15(14)21(26)27/h5-13H,3-4H2,1-2H3,(H,23,25)(H,26,27). The summed E-state index contributed by atoms with van der Waals surface area (Å²) in [7, 11) is 0. The average Bonchev–Trinajstić information content (AvgIpc) is 3.23. The largest absolute Gasteiger partial charge is 0.478 e. The van der Waals surface area contributed by atoms with Crippen LogP contribution in [0.15, 0.2) is 58.9 Å². The fourth-order valence-electron chi connectivity index (χ4n) is 3.72. The lowest BCUT2D eigenvalue weighted by Crippen LogP contribution is -2.32. The first-order chi connectivity index (χ1) is 13.6. The van der Waals surface area contributed by atoms with Crippen LogP contribution in [0.2, 0.25) is 0 Å². The van der Waals surface area contributed by atoms with Gasteiger partial charge in [0.1, 0.15) is 0 Å². The number of nitrogens with one attached hydrogen (secondary N) is 1. The van der Waals surface area contributed by atoms with Crippen LogP contribution in [0.3, 0.4) is 0 Å². The number of carbonyl (C=O) groups is 1. The van der Waals surface area contributed by atoms with E-state index in [0.29, 0.717) is 11.3 Å². The molecule has 1 aliphatic heterocycles. The van der Waals surface area contributed by atoms with Gasteiger partial charge in [0.05, 0.1) is 16.8 Å².